The van der Waals surface area contributed by atoms with Gasteiger partial charge in [0.2, 0.25) is 11.8 Å². The first-order valence-corrected chi connectivity index (χ1v) is 11.5. The number of nitrogens with zero attached hydrogens (tertiary/aromatic N) is 2. The number of hydrogen-bond acceptors (Lipinski definition) is 4. The molecule has 7 nitrogen and oxygen atoms in total. The Hall–Kier alpha value is -2.57. The molecule has 0 bridgehead atoms. The van der Waals surface area contributed by atoms with Crippen LogP contribution in [0.3, 0.4) is 0 Å². The molecule has 170 valence electrons. The Bertz CT molecular complexity index is 795. The number of carbonyl (C=O) groups excluding carboxylic acids is 3. The number of hydrogen-bond donors (Lipinski definition) is 1. The van der Waals surface area contributed by atoms with Crippen molar-refractivity contribution >= 4 is 17.7 Å². The summed E-state index contributed by atoms with van der Waals surface area (Å²) < 4.78 is 5.62. The second-order valence-corrected chi connectivity index (χ2v) is 8.85. The van der Waals surface area contributed by atoms with Crippen LogP contribution >= 0.6 is 0 Å². The van der Waals surface area contributed by atoms with Crippen LogP contribution in [-0.2, 0) is 9.59 Å². The Morgan fingerprint density at radius 1 is 1.13 bits per heavy atom. The van der Waals surface area contributed by atoms with Crippen molar-refractivity contribution < 1.29 is 19.1 Å². The molecule has 0 spiro atoms. The van der Waals surface area contributed by atoms with Crippen LogP contribution in [0.15, 0.2) is 24.3 Å². The topological polar surface area (TPSA) is 79.0 Å². The van der Waals surface area contributed by atoms with E-state index >= 15 is 0 Å². The van der Waals surface area contributed by atoms with Crippen LogP contribution in [0.4, 0.5) is 0 Å². The molecular weight excluding hydrogens is 394 g/mol. The summed E-state index contributed by atoms with van der Waals surface area (Å²) in [5.74, 6) is 0.581. The van der Waals surface area contributed by atoms with Crippen LogP contribution in [-0.4, -0.2) is 66.3 Å². The lowest BCUT2D eigenvalue weighted by atomic mass is 9.96. The molecule has 0 aromatic heterocycles. The zero-order chi connectivity index (χ0) is 22.4. The maximum absolute atomic E-state index is 13.4. The molecule has 2 heterocycles. The van der Waals surface area contributed by atoms with Crippen LogP contribution in [0.1, 0.15) is 56.8 Å². The summed E-state index contributed by atoms with van der Waals surface area (Å²) in [6.07, 6.45) is 3.05. The molecule has 7 heteroatoms. The molecule has 1 aromatic rings. The first kappa shape index (κ1) is 23.1. The summed E-state index contributed by atoms with van der Waals surface area (Å²) >= 11 is 0. The van der Waals surface area contributed by atoms with Gasteiger partial charge in [0.15, 0.2) is 0 Å². The number of carbonyl (C=O) groups is 3. The van der Waals surface area contributed by atoms with Crippen molar-refractivity contribution in [1.82, 2.24) is 15.1 Å². The minimum absolute atomic E-state index is 0.0243. The second kappa shape index (κ2) is 10.6. The molecule has 0 unspecified atom stereocenters. The maximum atomic E-state index is 13.4. The van der Waals surface area contributed by atoms with Gasteiger partial charge in [-0.2, -0.15) is 0 Å². The summed E-state index contributed by atoms with van der Waals surface area (Å²) in [6, 6.07) is 6.72. The van der Waals surface area contributed by atoms with E-state index in [9.17, 15) is 14.4 Å². The van der Waals surface area contributed by atoms with Crippen LogP contribution < -0.4 is 10.1 Å². The van der Waals surface area contributed by atoms with Crippen LogP contribution in [0.5, 0.6) is 5.75 Å². The Labute approximate surface area is 185 Å². The highest BCUT2D eigenvalue weighted by Gasteiger charge is 2.39. The van der Waals surface area contributed by atoms with E-state index in [0.29, 0.717) is 56.4 Å². The summed E-state index contributed by atoms with van der Waals surface area (Å²) in [4.78, 5) is 42.6. The van der Waals surface area contributed by atoms with Gasteiger partial charge in [-0.15, -0.1) is 0 Å². The molecule has 3 amide bonds. The SMILES string of the molecule is CCOc1ccccc1C(=O)N1CCC[C@@H]1C(=O)N1CCC[C@H](C(=O)NCC(C)C)C1. The zero-order valence-electron chi connectivity index (χ0n) is 18.9. The molecule has 2 fully saturated rings. The first-order valence-electron chi connectivity index (χ1n) is 11.5. The van der Waals surface area contributed by atoms with Crippen molar-refractivity contribution in [2.75, 3.05) is 32.8 Å². The van der Waals surface area contributed by atoms with E-state index in [1.807, 2.05) is 19.1 Å². The van der Waals surface area contributed by atoms with Gasteiger partial charge in [0, 0.05) is 26.2 Å². The Kier molecular flexibility index (Phi) is 7.93. The number of rotatable bonds is 7. The van der Waals surface area contributed by atoms with Gasteiger partial charge < -0.3 is 19.9 Å². The van der Waals surface area contributed by atoms with E-state index in [1.165, 1.54) is 0 Å². The van der Waals surface area contributed by atoms with Crippen LogP contribution in [0.25, 0.3) is 0 Å². The third kappa shape index (κ3) is 5.57. The fourth-order valence-electron chi connectivity index (χ4n) is 4.40. The summed E-state index contributed by atoms with van der Waals surface area (Å²) in [5.41, 5.74) is 0.494. The van der Waals surface area contributed by atoms with E-state index in [0.717, 1.165) is 19.3 Å². The molecule has 1 N–H and O–H groups in total. The first-order chi connectivity index (χ1) is 14.9. The third-order valence-corrected chi connectivity index (χ3v) is 6.00. The lowest BCUT2D eigenvalue weighted by molar-refractivity contribution is -0.139. The number of benzene rings is 1. The highest BCUT2D eigenvalue weighted by atomic mass is 16.5. The number of piperidine rings is 1. The van der Waals surface area contributed by atoms with Gasteiger partial charge in [0.05, 0.1) is 18.1 Å². The Morgan fingerprint density at radius 3 is 2.61 bits per heavy atom. The minimum atomic E-state index is -0.473. The smallest absolute Gasteiger partial charge is 0.258 e. The van der Waals surface area contributed by atoms with Crippen molar-refractivity contribution in [3.05, 3.63) is 29.8 Å². The molecule has 2 aliphatic rings. The van der Waals surface area contributed by atoms with E-state index in [4.69, 9.17) is 4.74 Å². The number of amides is 3. The largest absolute Gasteiger partial charge is 0.493 e. The molecular formula is C24H35N3O4. The van der Waals surface area contributed by atoms with Crippen molar-refractivity contribution in [2.45, 2.75) is 52.5 Å². The minimum Gasteiger partial charge on any atom is -0.493 e. The van der Waals surface area contributed by atoms with Crippen molar-refractivity contribution in [2.24, 2.45) is 11.8 Å². The average Bonchev–Trinajstić information content (AvgIpc) is 3.27. The van der Waals surface area contributed by atoms with Gasteiger partial charge in [0.25, 0.3) is 5.91 Å². The van der Waals surface area contributed by atoms with Gasteiger partial charge in [-0.3, -0.25) is 14.4 Å². The fraction of sp³-hybridized carbons (Fsp3) is 0.625. The number of para-hydroxylation sites is 1. The summed E-state index contributed by atoms with van der Waals surface area (Å²) in [5, 5.41) is 2.99. The van der Waals surface area contributed by atoms with E-state index in [1.54, 1.807) is 21.9 Å². The number of ether oxygens (including phenoxy) is 1. The van der Waals surface area contributed by atoms with E-state index in [2.05, 4.69) is 19.2 Å². The molecule has 0 radical (unpaired) electrons. The van der Waals surface area contributed by atoms with Crippen molar-refractivity contribution in [3.63, 3.8) is 0 Å². The van der Waals surface area contributed by atoms with E-state index < -0.39 is 6.04 Å². The normalized spacial score (nSPS) is 21.3. The molecule has 1 aromatic carbocycles. The standard InChI is InChI=1S/C24H35N3O4/c1-4-31-21-12-6-5-10-19(21)23(29)27-14-8-11-20(27)24(30)26-13-7-9-18(16-26)22(28)25-15-17(2)3/h5-6,10,12,17-18,20H,4,7-9,11,13-16H2,1-3H3,(H,25,28)/t18-,20+/m0/s1. The lowest BCUT2D eigenvalue weighted by Crippen LogP contribution is -2.52. The predicted molar refractivity (Wildman–Crippen MR) is 119 cm³/mol. The molecule has 2 saturated heterocycles. The second-order valence-electron chi connectivity index (χ2n) is 8.85. The fourth-order valence-corrected chi connectivity index (χ4v) is 4.40. The molecule has 0 aliphatic carbocycles. The monoisotopic (exact) mass is 429 g/mol. The van der Waals surface area contributed by atoms with Gasteiger partial charge >= 0.3 is 0 Å². The van der Waals surface area contributed by atoms with Crippen LogP contribution in [0.2, 0.25) is 0 Å². The molecule has 31 heavy (non-hydrogen) atoms. The molecule has 3 rings (SSSR count). The summed E-state index contributed by atoms with van der Waals surface area (Å²) in [7, 11) is 0. The third-order valence-electron chi connectivity index (χ3n) is 6.00. The Balaban J connectivity index is 1.68. The lowest BCUT2D eigenvalue weighted by Gasteiger charge is -2.35. The van der Waals surface area contributed by atoms with Gasteiger partial charge in [-0.25, -0.2) is 0 Å². The predicted octanol–water partition coefficient (Wildman–Crippen LogP) is 2.70. The zero-order valence-corrected chi connectivity index (χ0v) is 18.9. The summed E-state index contributed by atoms with van der Waals surface area (Å²) in [6.45, 7) is 8.75. The van der Waals surface area contributed by atoms with Crippen molar-refractivity contribution in [3.8, 4) is 5.75 Å². The highest BCUT2D eigenvalue weighted by Crippen LogP contribution is 2.27. The van der Waals surface area contributed by atoms with Gasteiger partial charge in [0.1, 0.15) is 11.8 Å². The van der Waals surface area contributed by atoms with Gasteiger partial charge in [-0.05, 0) is 50.7 Å². The number of likely N-dealkylation sites (tertiary alicyclic amines) is 2. The van der Waals surface area contributed by atoms with E-state index in [-0.39, 0.29) is 23.6 Å². The maximum Gasteiger partial charge on any atom is 0.258 e. The Morgan fingerprint density at radius 2 is 1.87 bits per heavy atom. The number of nitrogens with one attached hydrogen (secondary N) is 1. The van der Waals surface area contributed by atoms with Crippen molar-refractivity contribution in [1.29, 1.82) is 0 Å². The average molecular weight is 430 g/mol. The molecule has 0 saturated carbocycles. The highest BCUT2D eigenvalue weighted by molar-refractivity contribution is 6.00. The quantitative estimate of drug-likeness (QED) is 0.723. The van der Waals surface area contributed by atoms with Gasteiger partial charge in [-0.1, -0.05) is 26.0 Å². The molecule has 2 aliphatic heterocycles. The molecule has 2 atom stereocenters. The van der Waals surface area contributed by atoms with Crippen LogP contribution in [0, 0.1) is 11.8 Å².